The maximum atomic E-state index is 13.3. The SMILES string of the molecule is Cc1ccc(NCC2(CC#N)CC2)cc1F. The molecule has 0 spiro atoms. The van der Waals surface area contributed by atoms with E-state index in [-0.39, 0.29) is 11.2 Å². The lowest BCUT2D eigenvalue weighted by Crippen LogP contribution is -2.14. The summed E-state index contributed by atoms with van der Waals surface area (Å²) in [5.74, 6) is -0.185. The Bertz CT molecular complexity index is 430. The summed E-state index contributed by atoms with van der Waals surface area (Å²) in [7, 11) is 0. The number of nitrogens with one attached hydrogen (secondary N) is 1. The molecule has 0 aliphatic heterocycles. The summed E-state index contributed by atoms with van der Waals surface area (Å²) in [5.41, 5.74) is 1.60. The van der Waals surface area contributed by atoms with Crippen molar-refractivity contribution in [2.45, 2.75) is 26.2 Å². The van der Waals surface area contributed by atoms with Crippen LogP contribution in [-0.2, 0) is 0 Å². The van der Waals surface area contributed by atoms with E-state index < -0.39 is 0 Å². The Labute approximate surface area is 95.1 Å². The molecule has 0 aromatic heterocycles. The number of benzene rings is 1. The monoisotopic (exact) mass is 218 g/mol. The summed E-state index contributed by atoms with van der Waals surface area (Å²) in [6.07, 6.45) is 2.79. The topological polar surface area (TPSA) is 35.8 Å². The molecule has 2 nitrogen and oxygen atoms in total. The maximum Gasteiger partial charge on any atom is 0.128 e. The van der Waals surface area contributed by atoms with E-state index in [1.807, 2.05) is 6.07 Å². The number of nitrogens with zero attached hydrogens (tertiary/aromatic N) is 1. The first-order valence-corrected chi connectivity index (χ1v) is 5.52. The Kier molecular flexibility index (Phi) is 2.82. The van der Waals surface area contributed by atoms with Crippen LogP contribution in [0.4, 0.5) is 10.1 Å². The van der Waals surface area contributed by atoms with E-state index in [4.69, 9.17) is 5.26 Å². The second-order valence-corrected chi connectivity index (χ2v) is 4.65. The molecular formula is C13H15FN2. The van der Waals surface area contributed by atoms with Crippen LogP contribution < -0.4 is 5.32 Å². The predicted molar refractivity (Wildman–Crippen MR) is 61.5 cm³/mol. The molecule has 0 amide bonds. The first kappa shape index (κ1) is 10.9. The zero-order chi connectivity index (χ0) is 11.6. The van der Waals surface area contributed by atoms with Gasteiger partial charge in [-0.1, -0.05) is 6.07 Å². The van der Waals surface area contributed by atoms with Crippen LogP contribution in [0.15, 0.2) is 18.2 Å². The Morgan fingerprint density at radius 3 is 2.81 bits per heavy atom. The molecule has 0 saturated heterocycles. The molecule has 1 aromatic rings. The minimum absolute atomic E-state index is 0.149. The standard InChI is InChI=1S/C13H15FN2/c1-10-2-3-11(8-12(10)14)16-9-13(4-5-13)6-7-15/h2-3,8,16H,4-6,9H2,1H3. The van der Waals surface area contributed by atoms with Crippen molar-refractivity contribution in [1.29, 1.82) is 5.26 Å². The first-order chi connectivity index (χ1) is 7.65. The highest BCUT2D eigenvalue weighted by Crippen LogP contribution is 2.48. The Hall–Kier alpha value is -1.56. The van der Waals surface area contributed by atoms with Crippen LogP contribution in [0.5, 0.6) is 0 Å². The highest BCUT2D eigenvalue weighted by molar-refractivity contribution is 5.45. The third kappa shape index (κ3) is 2.33. The van der Waals surface area contributed by atoms with E-state index in [1.54, 1.807) is 13.0 Å². The van der Waals surface area contributed by atoms with Crippen molar-refractivity contribution in [3.63, 3.8) is 0 Å². The zero-order valence-corrected chi connectivity index (χ0v) is 9.39. The number of aryl methyl sites for hydroxylation is 1. The fourth-order valence-corrected chi connectivity index (χ4v) is 1.75. The second-order valence-electron chi connectivity index (χ2n) is 4.65. The van der Waals surface area contributed by atoms with Gasteiger partial charge in [-0.25, -0.2) is 4.39 Å². The van der Waals surface area contributed by atoms with Gasteiger partial charge in [-0.2, -0.15) is 5.26 Å². The molecular weight excluding hydrogens is 203 g/mol. The van der Waals surface area contributed by atoms with E-state index in [9.17, 15) is 4.39 Å². The van der Waals surface area contributed by atoms with Crippen molar-refractivity contribution in [2.75, 3.05) is 11.9 Å². The lowest BCUT2D eigenvalue weighted by Gasteiger charge is -2.13. The van der Waals surface area contributed by atoms with Gasteiger partial charge in [-0.3, -0.25) is 0 Å². The fraction of sp³-hybridized carbons (Fsp3) is 0.462. The fourth-order valence-electron chi connectivity index (χ4n) is 1.75. The van der Waals surface area contributed by atoms with Crippen molar-refractivity contribution in [3.8, 4) is 6.07 Å². The van der Waals surface area contributed by atoms with Crippen molar-refractivity contribution < 1.29 is 4.39 Å². The van der Waals surface area contributed by atoms with Gasteiger partial charge in [0.1, 0.15) is 5.82 Å². The van der Waals surface area contributed by atoms with Gasteiger partial charge in [0.05, 0.1) is 6.07 Å². The number of nitriles is 1. The van der Waals surface area contributed by atoms with Gasteiger partial charge < -0.3 is 5.32 Å². The van der Waals surface area contributed by atoms with Crippen LogP contribution in [0.2, 0.25) is 0 Å². The number of hydrogen-bond acceptors (Lipinski definition) is 2. The molecule has 0 heterocycles. The molecule has 1 saturated carbocycles. The molecule has 3 heteroatoms. The maximum absolute atomic E-state index is 13.3. The zero-order valence-electron chi connectivity index (χ0n) is 9.39. The molecule has 2 rings (SSSR count). The lowest BCUT2D eigenvalue weighted by molar-refractivity contribution is 0.556. The van der Waals surface area contributed by atoms with Gasteiger partial charge in [-0.05, 0) is 37.5 Å². The molecule has 1 N–H and O–H groups in total. The molecule has 0 radical (unpaired) electrons. The van der Waals surface area contributed by atoms with Gasteiger partial charge >= 0.3 is 0 Å². The summed E-state index contributed by atoms with van der Waals surface area (Å²) in [6.45, 7) is 2.51. The predicted octanol–water partition coefficient (Wildman–Crippen LogP) is 3.24. The van der Waals surface area contributed by atoms with Crippen LogP contribution in [0.25, 0.3) is 0 Å². The van der Waals surface area contributed by atoms with Gasteiger partial charge in [0.25, 0.3) is 0 Å². The molecule has 0 bridgehead atoms. The molecule has 1 fully saturated rings. The number of hydrogen-bond donors (Lipinski definition) is 1. The summed E-state index contributed by atoms with van der Waals surface area (Å²) in [5, 5.41) is 11.9. The molecule has 1 aromatic carbocycles. The normalized spacial score (nSPS) is 16.6. The van der Waals surface area contributed by atoms with E-state index >= 15 is 0 Å². The highest BCUT2D eigenvalue weighted by atomic mass is 19.1. The quantitative estimate of drug-likeness (QED) is 0.842. The Morgan fingerprint density at radius 1 is 1.50 bits per heavy atom. The van der Waals surface area contributed by atoms with Crippen molar-refractivity contribution >= 4 is 5.69 Å². The van der Waals surface area contributed by atoms with Crippen LogP contribution in [0.1, 0.15) is 24.8 Å². The van der Waals surface area contributed by atoms with E-state index in [2.05, 4.69) is 11.4 Å². The van der Waals surface area contributed by atoms with Crippen molar-refractivity contribution in [2.24, 2.45) is 5.41 Å². The largest absolute Gasteiger partial charge is 0.384 e. The molecule has 1 aliphatic carbocycles. The van der Waals surface area contributed by atoms with E-state index in [0.717, 1.165) is 25.1 Å². The van der Waals surface area contributed by atoms with Crippen LogP contribution in [0.3, 0.4) is 0 Å². The molecule has 1 aliphatic rings. The first-order valence-electron chi connectivity index (χ1n) is 5.52. The second kappa shape index (κ2) is 4.13. The van der Waals surface area contributed by atoms with E-state index in [1.165, 1.54) is 6.07 Å². The van der Waals surface area contributed by atoms with Gasteiger partial charge in [0.15, 0.2) is 0 Å². The third-order valence-electron chi connectivity index (χ3n) is 3.25. The number of rotatable bonds is 4. The summed E-state index contributed by atoms with van der Waals surface area (Å²) in [6, 6.07) is 7.37. The molecule has 0 atom stereocenters. The average Bonchev–Trinajstić information content (AvgIpc) is 3.01. The smallest absolute Gasteiger partial charge is 0.128 e. The van der Waals surface area contributed by atoms with Gasteiger partial charge in [-0.15, -0.1) is 0 Å². The molecule has 16 heavy (non-hydrogen) atoms. The van der Waals surface area contributed by atoms with Crippen LogP contribution >= 0.6 is 0 Å². The average molecular weight is 218 g/mol. The lowest BCUT2D eigenvalue weighted by atomic mass is 10.0. The summed E-state index contributed by atoms with van der Waals surface area (Å²) >= 11 is 0. The summed E-state index contributed by atoms with van der Waals surface area (Å²) < 4.78 is 13.3. The Morgan fingerprint density at radius 2 is 2.25 bits per heavy atom. The molecule has 84 valence electrons. The van der Waals surface area contributed by atoms with E-state index in [0.29, 0.717) is 12.0 Å². The van der Waals surface area contributed by atoms with Crippen LogP contribution in [0, 0.1) is 29.5 Å². The van der Waals surface area contributed by atoms with Gasteiger partial charge in [0, 0.05) is 24.1 Å². The number of halogens is 1. The molecule has 0 unspecified atom stereocenters. The highest BCUT2D eigenvalue weighted by Gasteiger charge is 2.42. The van der Waals surface area contributed by atoms with Crippen LogP contribution in [-0.4, -0.2) is 6.54 Å². The van der Waals surface area contributed by atoms with Crippen molar-refractivity contribution in [1.82, 2.24) is 0 Å². The van der Waals surface area contributed by atoms with Crippen molar-refractivity contribution in [3.05, 3.63) is 29.6 Å². The van der Waals surface area contributed by atoms with Gasteiger partial charge in [0.2, 0.25) is 0 Å². The summed E-state index contributed by atoms with van der Waals surface area (Å²) in [4.78, 5) is 0. The minimum Gasteiger partial charge on any atom is -0.384 e. The minimum atomic E-state index is -0.185. The number of anilines is 1. The third-order valence-corrected chi connectivity index (χ3v) is 3.25. The Balaban J connectivity index is 1.95.